The van der Waals surface area contributed by atoms with E-state index in [1.165, 1.54) is 51.7 Å². The van der Waals surface area contributed by atoms with Crippen molar-refractivity contribution in [1.29, 1.82) is 0 Å². The Morgan fingerprint density at radius 2 is 1.94 bits per heavy atom. The minimum absolute atomic E-state index is 0.736. The molecule has 2 aliphatic carbocycles. The lowest BCUT2D eigenvalue weighted by Crippen LogP contribution is -2.41. The quantitative estimate of drug-likeness (QED) is 0.825. The Labute approximate surface area is 113 Å². The summed E-state index contributed by atoms with van der Waals surface area (Å²) in [5.41, 5.74) is 0. The second-order valence-corrected chi connectivity index (χ2v) is 7.40. The highest BCUT2D eigenvalue weighted by Gasteiger charge is 2.39. The van der Waals surface area contributed by atoms with Crippen LogP contribution in [0.2, 0.25) is 0 Å². The van der Waals surface area contributed by atoms with Gasteiger partial charge in [0.15, 0.2) is 0 Å². The highest BCUT2D eigenvalue weighted by atomic mass is 15.1. The molecule has 18 heavy (non-hydrogen) atoms. The maximum absolute atomic E-state index is 3.56. The maximum Gasteiger partial charge on any atom is 0.00418 e. The lowest BCUT2D eigenvalue weighted by atomic mass is 9.87. The first-order valence-corrected chi connectivity index (χ1v) is 8.12. The number of piperidine rings is 1. The Kier molecular flexibility index (Phi) is 3.95. The summed E-state index contributed by atoms with van der Waals surface area (Å²) < 4.78 is 0. The van der Waals surface area contributed by atoms with Crippen molar-refractivity contribution < 1.29 is 0 Å². The molecule has 5 unspecified atom stereocenters. The summed E-state index contributed by atoms with van der Waals surface area (Å²) >= 11 is 0. The first-order chi connectivity index (χ1) is 8.70. The first-order valence-electron chi connectivity index (χ1n) is 8.12. The number of hydrogen-bond donors (Lipinski definition) is 1. The molecule has 3 rings (SSSR count). The molecular weight excluding hydrogens is 220 g/mol. The second-order valence-electron chi connectivity index (χ2n) is 7.40. The van der Waals surface area contributed by atoms with Crippen LogP contribution in [0.4, 0.5) is 0 Å². The lowest BCUT2D eigenvalue weighted by molar-refractivity contribution is 0.174. The topological polar surface area (TPSA) is 15.3 Å². The standard InChI is InChI=1S/C16H30N2/c1-12-7-14(5-6-17-12)10-18(2)11-16-9-13-3-4-15(16)8-13/h12-17H,3-11H2,1-2H3. The Morgan fingerprint density at radius 1 is 1.06 bits per heavy atom. The molecule has 5 atom stereocenters. The third-order valence-corrected chi connectivity index (χ3v) is 5.73. The fraction of sp³-hybridized carbons (Fsp3) is 1.00. The van der Waals surface area contributed by atoms with Gasteiger partial charge in [0.2, 0.25) is 0 Å². The van der Waals surface area contributed by atoms with Crippen LogP contribution >= 0.6 is 0 Å². The molecule has 2 bridgehead atoms. The van der Waals surface area contributed by atoms with Gasteiger partial charge < -0.3 is 10.2 Å². The second kappa shape index (κ2) is 5.50. The van der Waals surface area contributed by atoms with Crippen molar-refractivity contribution in [3.63, 3.8) is 0 Å². The summed E-state index contributed by atoms with van der Waals surface area (Å²) in [6, 6.07) is 0.736. The molecule has 0 aromatic carbocycles. The molecule has 0 aromatic heterocycles. The van der Waals surface area contributed by atoms with Gasteiger partial charge in [-0.15, -0.1) is 0 Å². The average Bonchev–Trinajstić information content (AvgIpc) is 2.90. The van der Waals surface area contributed by atoms with E-state index in [4.69, 9.17) is 0 Å². The Morgan fingerprint density at radius 3 is 2.61 bits per heavy atom. The van der Waals surface area contributed by atoms with E-state index in [-0.39, 0.29) is 0 Å². The summed E-state index contributed by atoms with van der Waals surface area (Å²) in [5.74, 6) is 4.16. The molecule has 2 heteroatoms. The van der Waals surface area contributed by atoms with Gasteiger partial charge in [-0.2, -0.15) is 0 Å². The molecule has 0 spiro atoms. The van der Waals surface area contributed by atoms with Crippen molar-refractivity contribution in [2.45, 2.75) is 51.5 Å². The highest BCUT2D eigenvalue weighted by molar-refractivity contribution is 4.91. The van der Waals surface area contributed by atoms with Gasteiger partial charge in [0, 0.05) is 19.1 Å². The third kappa shape index (κ3) is 2.91. The van der Waals surface area contributed by atoms with E-state index in [1.807, 2.05) is 0 Å². The largest absolute Gasteiger partial charge is 0.314 e. The Bertz CT molecular complexity index is 278. The number of nitrogens with zero attached hydrogens (tertiary/aromatic N) is 1. The number of rotatable bonds is 4. The molecule has 0 amide bonds. The van der Waals surface area contributed by atoms with Gasteiger partial charge in [-0.25, -0.2) is 0 Å². The highest BCUT2D eigenvalue weighted by Crippen LogP contribution is 2.48. The molecular formula is C16H30N2. The molecule has 0 aromatic rings. The summed E-state index contributed by atoms with van der Waals surface area (Å²) in [6.07, 6.45) is 8.93. The van der Waals surface area contributed by atoms with E-state index < -0.39 is 0 Å². The summed E-state index contributed by atoms with van der Waals surface area (Å²) in [7, 11) is 2.36. The van der Waals surface area contributed by atoms with E-state index in [2.05, 4.69) is 24.2 Å². The monoisotopic (exact) mass is 250 g/mol. The van der Waals surface area contributed by atoms with Crippen LogP contribution in [0.15, 0.2) is 0 Å². The molecule has 2 nitrogen and oxygen atoms in total. The van der Waals surface area contributed by atoms with E-state index in [1.54, 1.807) is 6.42 Å². The first kappa shape index (κ1) is 12.9. The van der Waals surface area contributed by atoms with Crippen LogP contribution in [0, 0.1) is 23.7 Å². The van der Waals surface area contributed by atoms with Gasteiger partial charge >= 0.3 is 0 Å². The van der Waals surface area contributed by atoms with Crippen LogP contribution in [-0.2, 0) is 0 Å². The smallest absolute Gasteiger partial charge is 0.00418 e. The third-order valence-electron chi connectivity index (χ3n) is 5.73. The predicted molar refractivity (Wildman–Crippen MR) is 76.6 cm³/mol. The molecule has 1 aliphatic heterocycles. The Balaban J connectivity index is 1.43. The van der Waals surface area contributed by atoms with E-state index in [9.17, 15) is 0 Å². The fourth-order valence-electron chi connectivity index (χ4n) is 4.92. The molecule has 2 saturated carbocycles. The molecule has 1 N–H and O–H groups in total. The van der Waals surface area contributed by atoms with Crippen molar-refractivity contribution in [2.24, 2.45) is 23.7 Å². The summed E-state index contributed by atoms with van der Waals surface area (Å²) in [5, 5.41) is 3.56. The predicted octanol–water partition coefficient (Wildman–Crippen LogP) is 2.74. The van der Waals surface area contributed by atoms with Crippen LogP contribution in [0.5, 0.6) is 0 Å². The molecule has 3 fully saturated rings. The minimum Gasteiger partial charge on any atom is -0.314 e. The van der Waals surface area contributed by atoms with Crippen LogP contribution in [-0.4, -0.2) is 37.6 Å². The Hall–Kier alpha value is -0.0800. The van der Waals surface area contributed by atoms with Gasteiger partial charge in [-0.1, -0.05) is 6.42 Å². The molecule has 1 saturated heterocycles. The zero-order valence-electron chi connectivity index (χ0n) is 12.2. The van der Waals surface area contributed by atoms with Gasteiger partial charge in [-0.05, 0) is 76.3 Å². The summed E-state index contributed by atoms with van der Waals surface area (Å²) in [4.78, 5) is 2.65. The van der Waals surface area contributed by atoms with Crippen LogP contribution in [0.25, 0.3) is 0 Å². The molecule has 0 radical (unpaired) electrons. The molecule has 3 aliphatic rings. The van der Waals surface area contributed by atoms with Gasteiger partial charge in [0.25, 0.3) is 0 Å². The molecule has 104 valence electrons. The van der Waals surface area contributed by atoms with E-state index in [0.29, 0.717) is 0 Å². The van der Waals surface area contributed by atoms with Crippen molar-refractivity contribution >= 4 is 0 Å². The number of hydrogen-bond acceptors (Lipinski definition) is 2. The van der Waals surface area contributed by atoms with Gasteiger partial charge in [0.1, 0.15) is 0 Å². The normalized spacial score (nSPS) is 43.8. The zero-order valence-corrected chi connectivity index (χ0v) is 12.2. The number of nitrogens with one attached hydrogen (secondary N) is 1. The van der Waals surface area contributed by atoms with E-state index in [0.717, 1.165) is 29.7 Å². The fourth-order valence-corrected chi connectivity index (χ4v) is 4.92. The van der Waals surface area contributed by atoms with Crippen molar-refractivity contribution in [2.75, 3.05) is 26.7 Å². The maximum atomic E-state index is 3.56. The summed E-state index contributed by atoms with van der Waals surface area (Å²) in [6.45, 7) is 6.27. The SMILES string of the molecule is CC1CC(CN(C)CC2CC3CCC2C3)CCN1. The van der Waals surface area contributed by atoms with Crippen molar-refractivity contribution in [3.8, 4) is 0 Å². The van der Waals surface area contributed by atoms with Gasteiger partial charge in [0.05, 0.1) is 0 Å². The minimum atomic E-state index is 0.736. The van der Waals surface area contributed by atoms with Crippen LogP contribution in [0.3, 0.4) is 0 Å². The lowest BCUT2D eigenvalue weighted by Gasteiger charge is -2.33. The van der Waals surface area contributed by atoms with E-state index >= 15 is 0 Å². The average molecular weight is 250 g/mol. The van der Waals surface area contributed by atoms with Crippen molar-refractivity contribution in [1.82, 2.24) is 10.2 Å². The molecule has 1 heterocycles. The van der Waals surface area contributed by atoms with Crippen LogP contribution < -0.4 is 5.32 Å². The van der Waals surface area contributed by atoms with Crippen LogP contribution in [0.1, 0.15) is 45.4 Å². The zero-order chi connectivity index (χ0) is 12.5. The van der Waals surface area contributed by atoms with Crippen molar-refractivity contribution in [3.05, 3.63) is 0 Å². The van der Waals surface area contributed by atoms with Gasteiger partial charge in [-0.3, -0.25) is 0 Å². The number of fused-ring (bicyclic) bond motifs is 2.